The average molecular weight is 459 g/mol. The molecule has 2 nitrogen and oxygen atoms in total. The Morgan fingerprint density at radius 2 is 1.31 bits per heavy atom. The summed E-state index contributed by atoms with van der Waals surface area (Å²) in [6.45, 7) is 0. The van der Waals surface area contributed by atoms with Gasteiger partial charge in [-0.05, 0) is 41.1 Å². The van der Waals surface area contributed by atoms with Gasteiger partial charge in [0.25, 0.3) is 0 Å². The Bertz CT molecular complexity index is 1230. The monoisotopic (exact) mass is 458 g/mol. The van der Waals surface area contributed by atoms with E-state index in [0.29, 0.717) is 0 Å². The Morgan fingerprint density at radius 3 is 2.07 bits per heavy atom. The number of anilines is 2. The predicted octanol–water partition coefficient (Wildman–Crippen LogP) is 3.59. The highest BCUT2D eigenvalue weighted by atomic mass is 79.9. The zero-order valence-electron chi connectivity index (χ0n) is 15.6. The Kier molecular flexibility index (Phi) is 5.74. The standard InChI is InChI=1S/C25H18N2S.BrH/c1-3-11-22(12-4-1)26-25-27(23-13-5-2-6-14-23)24(18-28-25)21-16-15-19-9-7-8-10-20(19)17-21;/h1-18H;1H. The number of hydrogen-bond donors (Lipinski definition) is 1. The first-order valence-electron chi connectivity index (χ1n) is 9.29. The minimum absolute atomic E-state index is 0. The third-order valence-corrected chi connectivity index (χ3v) is 5.66. The van der Waals surface area contributed by atoms with Crippen molar-refractivity contribution < 1.29 is 21.5 Å². The maximum absolute atomic E-state index is 3.58. The van der Waals surface area contributed by atoms with Crippen LogP contribution in [0.15, 0.2) is 109 Å². The minimum Gasteiger partial charge on any atom is -1.00 e. The molecule has 0 aliphatic rings. The molecule has 0 aliphatic carbocycles. The van der Waals surface area contributed by atoms with Crippen molar-refractivity contribution in [2.75, 3.05) is 5.32 Å². The SMILES string of the molecule is [Br-].c1ccc(Nc2scc(-c3ccc4ccccc4c3)[n+]2-c2ccccc2)cc1. The fraction of sp³-hybridized carbons (Fsp3) is 0. The topological polar surface area (TPSA) is 15.9 Å². The zero-order chi connectivity index (χ0) is 18.8. The smallest absolute Gasteiger partial charge is 0.344 e. The van der Waals surface area contributed by atoms with Gasteiger partial charge in [0.15, 0.2) is 5.69 Å². The van der Waals surface area contributed by atoms with Crippen LogP contribution in [-0.4, -0.2) is 0 Å². The summed E-state index contributed by atoms with van der Waals surface area (Å²) in [7, 11) is 0. The van der Waals surface area contributed by atoms with Gasteiger partial charge in [-0.25, -0.2) is 5.32 Å². The minimum atomic E-state index is 0. The van der Waals surface area contributed by atoms with Crippen LogP contribution in [0.5, 0.6) is 0 Å². The molecule has 0 radical (unpaired) electrons. The molecule has 0 saturated carbocycles. The van der Waals surface area contributed by atoms with Crippen LogP contribution >= 0.6 is 11.3 Å². The normalized spacial score (nSPS) is 10.5. The summed E-state index contributed by atoms with van der Waals surface area (Å²) < 4.78 is 2.29. The molecule has 5 rings (SSSR count). The summed E-state index contributed by atoms with van der Waals surface area (Å²) >= 11 is 1.72. The average Bonchev–Trinajstić information content (AvgIpc) is 3.18. The maximum Gasteiger partial charge on any atom is 0.344 e. The van der Waals surface area contributed by atoms with E-state index in [1.165, 1.54) is 22.0 Å². The van der Waals surface area contributed by atoms with E-state index in [4.69, 9.17) is 0 Å². The summed E-state index contributed by atoms with van der Waals surface area (Å²) in [5, 5.41) is 9.40. The third-order valence-electron chi connectivity index (χ3n) is 4.81. The van der Waals surface area contributed by atoms with Crippen LogP contribution in [-0.2, 0) is 0 Å². The number of rotatable bonds is 4. The molecule has 1 heterocycles. The van der Waals surface area contributed by atoms with Gasteiger partial charge in [-0.2, -0.15) is 4.57 Å². The van der Waals surface area contributed by atoms with E-state index in [0.717, 1.165) is 16.5 Å². The lowest BCUT2D eigenvalue weighted by Gasteiger charge is -2.07. The number of hydrogen-bond acceptors (Lipinski definition) is 2. The van der Waals surface area contributed by atoms with E-state index in [1.54, 1.807) is 11.3 Å². The van der Waals surface area contributed by atoms with E-state index in [-0.39, 0.29) is 17.0 Å². The lowest BCUT2D eigenvalue weighted by molar-refractivity contribution is -0.563. The van der Waals surface area contributed by atoms with Gasteiger partial charge in [-0.15, -0.1) is 0 Å². The van der Waals surface area contributed by atoms with Crippen molar-refractivity contribution in [2.45, 2.75) is 0 Å². The molecule has 4 aromatic carbocycles. The van der Waals surface area contributed by atoms with E-state index in [1.807, 2.05) is 18.2 Å². The van der Waals surface area contributed by atoms with Gasteiger partial charge in [-0.3, -0.25) is 0 Å². The van der Waals surface area contributed by atoms with Crippen LogP contribution in [0.3, 0.4) is 0 Å². The van der Waals surface area contributed by atoms with E-state index >= 15 is 0 Å². The number of halogens is 1. The highest BCUT2D eigenvalue weighted by Crippen LogP contribution is 2.29. The highest BCUT2D eigenvalue weighted by Gasteiger charge is 2.21. The molecule has 1 N–H and O–H groups in total. The molecular formula is C25H19BrN2S. The van der Waals surface area contributed by atoms with Crippen LogP contribution in [0, 0.1) is 0 Å². The molecule has 0 fully saturated rings. The van der Waals surface area contributed by atoms with Crippen molar-refractivity contribution in [3.8, 4) is 16.9 Å². The maximum atomic E-state index is 3.58. The first kappa shape index (κ1) is 19.4. The van der Waals surface area contributed by atoms with Gasteiger partial charge in [0.05, 0.1) is 0 Å². The number of thiazole rings is 1. The number of nitrogens with one attached hydrogen (secondary N) is 1. The Balaban J connectivity index is 0.00000205. The fourth-order valence-electron chi connectivity index (χ4n) is 3.44. The summed E-state index contributed by atoms with van der Waals surface area (Å²) in [6, 6.07) is 36.0. The van der Waals surface area contributed by atoms with Gasteiger partial charge < -0.3 is 17.0 Å². The van der Waals surface area contributed by atoms with Gasteiger partial charge >= 0.3 is 5.13 Å². The molecule has 0 bridgehead atoms. The number of fused-ring (bicyclic) bond motifs is 1. The molecule has 0 aliphatic heterocycles. The molecule has 29 heavy (non-hydrogen) atoms. The Labute approximate surface area is 184 Å². The Hall–Kier alpha value is -2.95. The van der Waals surface area contributed by atoms with Crippen LogP contribution in [0.1, 0.15) is 0 Å². The number of para-hydroxylation sites is 2. The molecule has 1 aromatic heterocycles. The first-order valence-corrected chi connectivity index (χ1v) is 10.2. The quantitative estimate of drug-likeness (QED) is 0.407. The van der Waals surface area contributed by atoms with E-state index in [9.17, 15) is 0 Å². The summed E-state index contributed by atoms with van der Waals surface area (Å²) in [6.07, 6.45) is 0. The number of aromatic nitrogens is 1. The lowest BCUT2D eigenvalue weighted by atomic mass is 10.1. The molecule has 0 spiro atoms. The van der Waals surface area contributed by atoms with Crippen molar-refractivity contribution in [3.63, 3.8) is 0 Å². The molecule has 4 heteroatoms. The summed E-state index contributed by atoms with van der Waals surface area (Å²) in [5.74, 6) is 0. The van der Waals surface area contributed by atoms with Crippen LogP contribution in [0.4, 0.5) is 10.8 Å². The highest BCUT2D eigenvalue weighted by molar-refractivity contribution is 7.13. The van der Waals surface area contributed by atoms with Crippen LogP contribution in [0.25, 0.3) is 27.7 Å². The molecule has 5 aromatic rings. The Morgan fingerprint density at radius 1 is 0.655 bits per heavy atom. The molecule has 0 saturated heterocycles. The second kappa shape index (κ2) is 8.60. The molecule has 142 valence electrons. The van der Waals surface area contributed by atoms with E-state index < -0.39 is 0 Å². The molecule has 0 amide bonds. The second-order valence-corrected chi connectivity index (χ2v) is 7.51. The largest absolute Gasteiger partial charge is 1.00 e. The van der Waals surface area contributed by atoms with Gasteiger partial charge in [-0.1, -0.05) is 84.1 Å². The van der Waals surface area contributed by atoms with Gasteiger partial charge in [0, 0.05) is 10.9 Å². The number of nitrogens with zero attached hydrogens (tertiary/aromatic N) is 1. The third kappa shape index (κ3) is 3.95. The molecule has 0 unspecified atom stereocenters. The molecular weight excluding hydrogens is 440 g/mol. The van der Waals surface area contributed by atoms with Crippen LogP contribution < -0.4 is 26.9 Å². The van der Waals surface area contributed by atoms with Crippen molar-refractivity contribution >= 4 is 32.9 Å². The van der Waals surface area contributed by atoms with Gasteiger partial charge in [0.2, 0.25) is 0 Å². The first-order chi connectivity index (χ1) is 13.9. The van der Waals surface area contributed by atoms with Crippen molar-refractivity contribution in [2.24, 2.45) is 0 Å². The lowest BCUT2D eigenvalue weighted by Crippen LogP contribution is -3.00. The van der Waals surface area contributed by atoms with Crippen molar-refractivity contribution in [3.05, 3.63) is 109 Å². The zero-order valence-corrected chi connectivity index (χ0v) is 18.0. The van der Waals surface area contributed by atoms with Gasteiger partial charge in [0.1, 0.15) is 11.4 Å². The van der Waals surface area contributed by atoms with Crippen molar-refractivity contribution in [1.29, 1.82) is 0 Å². The van der Waals surface area contributed by atoms with Crippen molar-refractivity contribution in [1.82, 2.24) is 0 Å². The predicted molar refractivity (Wildman–Crippen MR) is 119 cm³/mol. The molecule has 0 atom stereocenters. The fourth-order valence-corrected chi connectivity index (χ4v) is 4.39. The number of benzene rings is 4. The summed E-state index contributed by atoms with van der Waals surface area (Å²) in [4.78, 5) is 0. The van der Waals surface area contributed by atoms with Crippen LogP contribution in [0.2, 0.25) is 0 Å². The second-order valence-electron chi connectivity index (χ2n) is 6.65. The van der Waals surface area contributed by atoms with E-state index in [2.05, 4.69) is 100 Å². The summed E-state index contributed by atoms with van der Waals surface area (Å²) in [5.41, 5.74) is 4.62.